The molecule has 0 aliphatic heterocycles. The van der Waals surface area contributed by atoms with Crippen molar-refractivity contribution < 1.29 is 13.2 Å². The second-order valence-corrected chi connectivity index (χ2v) is 6.21. The van der Waals surface area contributed by atoms with Gasteiger partial charge in [-0.25, -0.2) is 8.42 Å². The normalized spacial score (nSPS) is 11.4. The highest BCUT2D eigenvalue weighted by Crippen LogP contribution is 2.18. The first-order chi connectivity index (χ1) is 8.60. The topological polar surface area (TPSA) is 55.4 Å². The zero-order valence-corrected chi connectivity index (χ0v) is 11.8. The van der Waals surface area contributed by atoms with E-state index in [0.717, 1.165) is 19.5 Å². The Balaban J connectivity index is 2.57. The number of rotatable bonds is 8. The minimum atomic E-state index is -3.20. The van der Waals surface area contributed by atoms with E-state index in [1.54, 1.807) is 24.3 Å². The van der Waals surface area contributed by atoms with Gasteiger partial charge in [0, 0.05) is 0 Å². The van der Waals surface area contributed by atoms with Gasteiger partial charge in [0.2, 0.25) is 0 Å². The smallest absolute Gasteiger partial charge is 0.178 e. The number of benzene rings is 1. The Morgan fingerprint density at radius 3 is 2.72 bits per heavy atom. The van der Waals surface area contributed by atoms with Crippen LogP contribution in [0, 0.1) is 0 Å². The highest BCUT2D eigenvalue weighted by atomic mass is 32.2. The van der Waals surface area contributed by atoms with Crippen molar-refractivity contribution in [3.63, 3.8) is 0 Å². The van der Waals surface area contributed by atoms with Crippen molar-refractivity contribution in [2.75, 3.05) is 26.0 Å². The van der Waals surface area contributed by atoms with Gasteiger partial charge in [-0.05, 0) is 44.1 Å². The molecule has 0 fully saturated rings. The van der Waals surface area contributed by atoms with Crippen LogP contribution in [0.5, 0.6) is 5.75 Å². The lowest BCUT2D eigenvalue weighted by molar-refractivity contribution is 0.413. The molecule has 0 aliphatic rings. The van der Waals surface area contributed by atoms with Gasteiger partial charge in [-0.15, -0.1) is 0 Å². The van der Waals surface area contributed by atoms with Crippen molar-refractivity contribution in [2.24, 2.45) is 0 Å². The summed E-state index contributed by atoms with van der Waals surface area (Å²) in [6.07, 6.45) is 1.68. The number of ether oxygens (including phenoxy) is 1. The lowest BCUT2D eigenvalue weighted by Crippen LogP contribution is -2.19. The molecule has 1 N–H and O–H groups in total. The fraction of sp³-hybridized carbons (Fsp3) is 0.538. The van der Waals surface area contributed by atoms with Crippen molar-refractivity contribution in [3.8, 4) is 5.75 Å². The number of nitrogens with one attached hydrogen (secondary N) is 1. The Hall–Kier alpha value is -1.07. The molecular weight excluding hydrogens is 250 g/mol. The first-order valence-corrected chi connectivity index (χ1v) is 7.83. The fourth-order valence-electron chi connectivity index (χ4n) is 1.60. The molecule has 0 saturated heterocycles. The standard InChI is InChI=1S/C13H21NO3S/c1-3-8-14-9-5-10-18(15,16)13-7-4-6-12(11-13)17-2/h4,6-7,11,14H,3,5,8-10H2,1-2H3. The van der Waals surface area contributed by atoms with Crippen molar-refractivity contribution in [1.82, 2.24) is 5.32 Å². The molecule has 1 aromatic rings. The van der Waals surface area contributed by atoms with Gasteiger partial charge < -0.3 is 10.1 Å². The van der Waals surface area contributed by atoms with E-state index in [2.05, 4.69) is 12.2 Å². The molecule has 1 rings (SSSR count). The van der Waals surface area contributed by atoms with Gasteiger partial charge in [0.05, 0.1) is 17.8 Å². The van der Waals surface area contributed by atoms with Crippen LogP contribution in [0.4, 0.5) is 0 Å². The highest BCUT2D eigenvalue weighted by Gasteiger charge is 2.14. The molecule has 0 heterocycles. The van der Waals surface area contributed by atoms with Crippen LogP contribution in [-0.2, 0) is 9.84 Å². The van der Waals surface area contributed by atoms with E-state index in [1.807, 2.05) is 0 Å². The van der Waals surface area contributed by atoms with Gasteiger partial charge in [-0.2, -0.15) is 0 Å². The molecule has 0 radical (unpaired) electrons. The van der Waals surface area contributed by atoms with Crippen LogP contribution in [0.25, 0.3) is 0 Å². The highest BCUT2D eigenvalue weighted by molar-refractivity contribution is 7.91. The summed E-state index contributed by atoms with van der Waals surface area (Å²) >= 11 is 0. The minimum absolute atomic E-state index is 0.164. The second kappa shape index (κ2) is 7.38. The first-order valence-electron chi connectivity index (χ1n) is 6.17. The first kappa shape index (κ1) is 15.0. The number of sulfone groups is 1. The predicted octanol–water partition coefficient (Wildman–Crippen LogP) is 1.86. The maximum Gasteiger partial charge on any atom is 0.178 e. The Labute approximate surface area is 109 Å². The largest absolute Gasteiger partial charge is 0.497 e. The summed E-state index contributed by atoms with van der Waals surface area (Å²) in [6, 6.07) is 6.61. The molecular formula is C13H21NO3S. The zero-order valence-electron chi connectivity index (χ0n) is 11.0. The molecule has 0 unspecified atom stereocenters. The van der Waals surface area contributed by atoms with Crippen LogP contribution in [-0.4, -0.2) is 34.4 Å². The van der Waals surface area contributed by atoms with E-state index in [0.29, 0.717) is 17.1 Å². The average Bonchev–Trinajstić information content (AvgIpc) is 2.38. The molecule has 0 saturated carbocycles. The van der Waals surface area contributed by atoms with E-state index in [4.69, 9.17) is 4.74 Å². The quantitative estimate of drug-likeness (QED) is 0.733. The van der Waals surface area contributed by atoms with Crippen molar-refractivity contribution in [1.29, 1.82) is 0 Å². The molecule has 1 aromatic carbocycles. The Morgan fingerprint density at radius 2 is 2.06 bits per heavy atom. The molecule has 5 heteroatoms. The second-order valence-electron chi connectivity index (χ2n) is 4.10. The molecule has 0 spiro atoms. The number of hydrogen-bond acceptors (Lipinski definition) is 4. The maximum absolute atomic E-state index is 12.0. The SMILES string of the molecule is CCCNCCCS(=O)(=O)c1cccc(OC)c1. The molecule has 0 bridgehead atoms. The summed E-state index contributed by atoms with van der Waals surface area (Å²) in [4.78, 5) is 0.331. The van der Waals surface area contributed by atoms with E-state index in [9.17, 15) is 8.42 Å². The lowest BCUT2D eigenvalue weighted by atomic mass is 10.3. The molecule has 0 atom stereocenters. The molecule has 0 aromatic heterocycles. The summed E-state index contributed by atoms with van der Waals surface area (Å²) in [5.41, 5.74) is 0. The van der Waals surface area contributed by atoms with E-state index in [-0.39, 0.29) is 5.75 Å². The van der Waals surface area contributed by atoms with Crippen molar-refractivity contribution in [3.05, 3.63) is 24.3 Å². The van der Waals surface area contributed by atoms with Crippen LogP contribution in [0.3, 0.4) is 0 Å². The average molecular weight is 271 g/mol. The predicted molar refractivity (Wildman–Crippen MR) is 72.8 cm³/mol. The summed E-state index contributed by atoms with van der Waals surface area (Å²) in [7, 11) is -1.67. The molecule has 0 aliphatic carbocycles. The maximum atomic E-state index is 12.0. The summed E-state index contributed by atoms with van der Waals surface area (Å²) in [6.45, 7) is 3.75. The van der Waals surface area contributed by atoms with Gasteiger partial charge in [0.25, 0.3) is 0 Å². The van der Waals surface area contributed by atoms with Crippen molar-refractivity contribution >= 4 is 9.84 Å². The summed E-state index contributed by atoms with van der Waals surface area (Å²) < 4.78 is 29.1. The molecule has 4 nitrogen and oxygen atoms in total. The van der Waals surface area contributed by atoms with Gasteiger partial charge in [0.1, 0.15) is 5.75 Å². The van der Waals surface area contributed by atoms with E-state index >= 15 is 0 Å². The molecule has 18 heavy (non-hydrogen) atoms. The fourth-order valence-corrected chi connectivity index (χ4v) is 2.94. The zero-order chi connectivity index (χ0) is 13.4. The lowest BCUT2D eigenvalue weighted by Gasteiger charge is -2.07. The Kier molecular flexibility index (Phi) is 6.15. The van der Waals surface area contributed by atoms with Crippen LogP contribution in [0.2, 0.25) is 0 Å². The summed E-state index contributed by atoms with van der Waals surface area (Å²) in [5.74, 6) is 0.733. The third kappa shape index (κ3) is 4.66. The van der Waals surface area contributed by atoms with Crippen LogP contribution >= 0.6 is 0 Å². The molecule has 102 valence electrons. The molecule has 0 amide bonds. The van der Waals surface area contributed by atoms with E-state index in [1.165, 1.54) is 7.11 Å². The third-order valence-corrected chi connectivity index (χ3v) is 4.39. The third-order valence-electron chi connectivity index (χ3n) is 2.59. The Bertz CT molecular complexity index is 457. The van der Waals surface area contributed by atoms with Crippen molar-refractivity contribution in [2.45, 2.75) is 24.7 Å². The van der Waals surface area contributed by atoms with Gasteiger partial charge in [0.15, 0.2) is 9.84 Å². The van der Waals surface area contributed by atoms with E-state index < -0.39 is 9.84 Å². The summed E-state index contributed by atoms with van der Waals surface area (Å²) in [5, 5.41) is 3.19. The van der Waals surface area contributed by atoms with Gasteiger partial charge in [-0.3, -0.25) is 0 Å². The monoisotopic (exact) mass is 271 g/mol. The number of methoxy groups -OCH3 is 1. The van der Waals surface area contributed by atoms with Gasteiger partial charge in [-0.1, -0.05) is 13.0 Å². The van der Waals surface area contributed by atoms with Crippen LogP contribution in [0.1, 0.15) is 19.8 Å². The number of hydrogen-bond donors (Lipinski definition) is 1. The van der Waals surface area contributed by atoms with Crippen LogP contribution in [0.15, 0.2) is 29.2 Å². The Morgan fingerprint density at radius 1 is 1.28 bits per heavy atom. The minimum Gasteiger partial charge on any atom is -0.497 e. The van der Waals surface area contributed by atoms with Crippen LogP contribution < -0.4 is 10.1 Å². The van der Waals surface area contributed by atoms with Gasteiger partial charge >= 0.3 is 0 Å².